The molecular formula is C26H25F3N4O2S. The Bertz CT molecular complexity index is 1460. The summed E-state index contributed by atoms with van der Waals surface area (Å²) in [5.41, 5.74) is 2.11. The number of rotatable bonds is 6. The van der Waals surface area contributed by atoms with Gasteiger partial charge in [-0.15, -0.1) is 0 Å². The van der Waals surface area contributed by atoms with Crippen LogP contribution in [0.1, 0.15) is 17.0 Å². The van der Waals surface area contributed by atoms with Gasteiger partial charge in [0.2, 0.25) is 10.0 Å². The van der Waals surface area contributed by atoms with Gasteiger partial charge in [0.1, 0.15) is 5.82 Å². The molecule has 1 fully saturated rings. The minimum atomic E-state index is -4.60. The van der Waals surface area contributed by atoms with Gasteiger partial charge < -0.3 is 4.57 Å². The van der Waals surface area contributed by atoms with E-state index in [2.05, 4.69) is 21.6 Å². The third kappa shape index (κ3) is 5.02. The van der Waals surface area contributed by atoms with E-state index in [1.165, 1.54) is 10.4 Å². The second-order valence-corrected chi connectivity index (χ2v) is 10.7. The Morgan fingerprint density at radius 3 is 2.22 bits per heavy atom. The van der Waals surface area contributed by atoms with E-state index in [1.807, 2.05) is 42.5 Å². The summed E-state index contributed by atoms with van der Waals surface area (Å²) in [4.78, 5) is 6.62. The molecule has 0 N–H and O–H groups in total. The minimum absolute atomic E-state index is 0.192. The zero-order valence-corrected chi connectivity index (χ0v) is 20.2. The largest absolute Gasteiger partial charge is 0.416 e. The monoisotopic (exact) mass is 514 g/mol. The molecule has 10 heteroatoms. The van der Waals surface area contributed by atoms with Crippen molar-refractivity contribution in [2.75, 3.05) is 26.2 Å². The fourth-order valence-corrected chi connectivity index (χ4v) is 5.97. The molecule has 0 bridgehead atoms. The molecule has 6 nitrogen and oxygen atoms in total. The zero-order valence-electron chi connectivity index (χ0n) is 19.4. The summed E-state index contributed by atoms with van der Waals surface area (Å²) in [6, 6.07) is 22.0. The van der Waals surface area contributed by atoms with Crippen LogP contribution in [0.4, 0.5) is 13.2 Å². The molecule has 0 amide bonds. The number of piperazine rings is 1. The van der Waals surface area contributed by atoms with E-state index in [1.54, 1.807) is 0 Å². The zero-order chi connectivity index (χ0) is 25.3. The Kier molecular flexibility index (Phi) is 6.59. The molecule has 36 heavy (non-hydrogen) atoms. The third-order valence-corrected chi connectivity index (χ3v) is 8.31. The molecule has 4 aromatic rings. The lowest BCUT2D eigenvalue weighted by Gasteiger charge is -2.33. The van der Waals surface area contributed by atoms with Gasteiger partial charge in [0.05, 0.1) is 28.0 Å². The number of sulfonamides is 1. The predicted molar refractivity (Wildman–Crippen MR) is 131 cm³/mol. The van der Waals surface area contributed by atoms with Gasteiger partial charge in [-0.3, -0.25) is 4.90 Å². The van der Waals surface area contributed by atoms with Crippen molar-refractivity contribution in [3.63, 3.8) is 0 Å². The Morgan fingerprint density at radius 1 is 0.806 bits per heavy atom. The second-order valence-electron chi connectivity index (χ2n) is 8.79. The van der Waals surface area contributed by atoms with E-state index in [-0.39, 0.29) is 18.0 Å². The first-order valence-corrected chi connectivity index (χ1v) is 13.0. The molecule has 188 valence electrons. The molecule has 0 aliphatic carbocycles. The van der Waals surface area contributed by atoms with Crippen molar-refractivity contribution in [2.24, 2.45) is 0 Å². The molecule has 1 saturated heterocycles. The van der Waals surface area contributed by atoms with Gasteiger partial charge in [0.15, 0.2) is 0 Å². The molecule has 0 unspecified atom stereocenters. The summed E-state index contributed by atoms with van der Waals surface area (Å²) in [6.45, 7) is 2.49. The van der Waals surface area contributed by atoms with Crippen molar-refractivity contribution < 1.29 is 21.6 Å². The summed E-state index contributed by atoms with van der Waals surface area (Å²) >= 11 is 0. The number of imidazole rings is 1. The van der Waals surface area contributed by atoms with Crippen LogP contribution in [0.15, 0.2) is 83.8 Å². The Hall–Kier alpha value is -3.21. The van der Waals surface area contributed by atoms with Crippen LogP contribution in [0.5, 0.6) is 0 Å². The molecular weight excluding hydrogens is 489 g/mol. The van der Waals surface area contributed by atoms with Crippen LogP contribution in [-0.2, 0) is 29.3 Å². The van der Waals surface area contributed by atoms with Gasteiger partial charge in [-0.05, 0) is 35.9 Å². The van der Waals surface area contributed by atoms with Gasteiger partial charge in [-0.1, -0.05) is 48.5 Å². The van der Waals surface area contributed by atoms with Gasteiger partial charge in [-0.25, -0.2) is 13.4 Å². The highest BCUT2D eigenvalue weighted by Crippen LogP contribution is 2.31. The van der Waals surface area contributed by atoms with E-state index < -0.39 is 21.8 Å². The van der Waals surface area contributed by atoms with E-state index in [4.69, 9.17) is 4.98 Å². The highest BCUT2D eigenvalue weighted by molar-refractivity contribution is 7.89. The molecule has 0 atom stereocenters. The Labute approximate surface area is 207 Å². The molecule has 5 rings (SSSR count). The number of aromatic nitrogens is 2. The smallest absolute Gasteiger partial charge is 0.322 e. The number of benzene rings is 3. The Morgan fingerprint density at radius 2 is 1.50 bits per heavy atom. The van der Waals surface area contributed by atoms with Crippen molar-refractivity contribution in [3.8, 4) is 0 Å². The lowest BCUT2D eigenvalue weighted by Crippen LogP contribution is -2.48. The normalized spacial score (nSPS) is 16.0. The number of nitrogens with zero attached hydrogens (tertiary/aromatic N) is 4. The lowest BCUT2D eigenvalue weighted by molar-refractivity contribution is -0.137. The highest BCUT2D eigenvalue weighted by Gasteiger charge is 2.34. The number of alkyl halides is 3. The van der Waals surface area contributed by atoms with Crippen LogP contribution < -0.4 is 0 Å². The maximum absolute atomic E-state index is 13.1. The number of halogens is 3. The number of fused-ring (bicyclic) bond motifs is 1. The van der Waals surface area contributed by atoms with E-state index in [9.17, 15) is 21.6 Å². The first-order chi connectivity index (χ1) is 17.2. The van der Waals surface area contributed by atoms with Gasteiger partial charge in [0.25, 0.3) is 0 Å². The summed E-state index contributed by atoms with van der Waals surface area (Å²) in [6.07, 6.45) is -4.60. The fraction of sp³-hybridized carbons (Fsp3) is 0.269. The molecule has 2 heterocycles. The summed E-state index contributed by atoms with van der Waals surface area (Å²) in [7, 11) is -4.02. The first-order valence-electron chi connectivity index (χ1n) is 11.6. The maximum atomic E-state index is 13.1. The van der Waals surface area contributed by atoms with E-state index in [0.29, 0.717) is 32.2 Å². The molecule has 1 aromatic heterocycles. The van der Waals surface area contributed by atoms with Crippen LogP contribution in [-0.4, -0.2) is 53.4 Å². The number of hydrogen-bond donors (Lipinski definition) is 0. The SMILES string of the molecule is O=S(=O)(c1cccc(C(F)(F)F)c1)N1CCN(Cc2nc3ccccc3n2Cc2ccccc2)CC1. The van der Waals surface area contributed by atoms with Crippen LogP contribution >= 0.6 is 0 Å². The summed E-state index contributed by atoms with van der Waals surface area (Å²) < 4.78 is 68.7. The van der Waals surface area contributed by atoms with Gasteiger partial charge >= 0.3 is 6.18 Å². The number of hydrogen-bond acceptors (Lipinski definition) is 4. The van der Waals surface area contributed by atoms with Crippen molar-refractivity contribution in [1.29, 1.82) is 0 Å². The molecule has 0 spiro atoms. The van der Waals surface area contributed by atoms with E-state index >= 15 is 0 Å². The molecule has 0 radical (unpaired) electrons. The first kappa shape index (κ1) is 24.5. The molecule has 3 aromatic carbocycles. The van der Waals surface area contributed by atoms with Gasteiger partial charge in [-0.2, -0.15) is 17.5 Å². The second kappa shape index (κ2) is 9.68. The van der Waals surface area contributed by atoms with Crippen molar-refractivity contribution >= 4 is 21.1 Å². The lowest BCUT2D eigenvalue weighted by atomic mass is 10.2. The maximum Gasteiger partial charge on any atom is 0.416 e. The average Bonchev–Trinajstić information content (AvgIpc) is 3.21. The Balaban J connectivity index is 1.32. The van der Waals surface area contributed by atoms with Crippen molar-refractivity contribution in [2.45, 2.75) is 24.2 Å². The fourth-order valence-electron chi connectivity index (χ4n) is 4.50. The standard InChI is InChI=1S/C26H25F3N4O2S/c27-26(28,29)21-9-6-10-22(17-21)36(34,35)32-15-13-31(14-16-32)19-25-30-23-11-4-5-12-24(23)33(25)18-20-7-2-1-3-8-20/h1-12,17H,13-16,18-19H2. The minimum Gasteiger partial charge on any atom is -0.322 e. The van der Waals surface area contributed by atoms with Crippen LogP contribution in [0.25, 0.3) is 11.0 Å². The molecule has 0 saturated carbocycles. The van der Waals surface area contributed by atoms with Crippen LogP contribution in [0, 0.1) is 0 Å². The summed E-state index contributed by atoms with van der Waals surface area (Å²) in [5, 5.41) is 0. The molecule has 1 aliphatic rings. The third-order valence-electron chi connectivity index (χ3n) is 6.41. The van der Waals surface area contributed by atoms with Crippen molar-refractivity contribution in [1.82, 2.24) is 18.8 Å². The molecule has 1 aliphatic heterocycles. The average molecular weight is 515 g/mol. The summed E-state index contributed by atoms with van der Waals surface area (Å²) in [5.74, 6) is 0.884. The van der Waals surface area contributed by atoms with Gasteiger partial charge in [0, 0.05) is 32.7 Å². The van der Waals surface area contributed by atoms with E-state index in [0.717, 1.165) is 34.6 Å². The topological polar surface area (TPSA) is 58.4 Å². The van der Waals surface area contributed by atoms with Crippen molar-refractivity contribution in [3.05, 3.63) is 95.8 Å². The van der Waals surface area contributed by atoms with Crippen LogP contribution in [0.2, 0.25) is 0 Å². The quantitative estimate of drug-likeness (QED) is 0.377. The highest BCUT2D eigenvalue weighted by atomic mass is 32.2. The van der Waals surface area contributed by atoms with Crippen LogP contribution in [0.3, 0.4) is 0 Å². The number of para-hydroxylation sites is 2. The predicted octanol–water partition coefficient (Wildman–Crippen LogP) is 4.61.